The molecule has 1 fully saturated rings. The molecule has 0 bridgehead atoms. The van der Waals surface area contributed by atoms with Crippen LogP contribution in [0.3, 0.4) is 0 Å². The second-order valence-corrected chi connectivity index (χ2v) is 5.02. The molecular formula is C15H22FNO. The zero-order chi connectivity index (χ0) is 13.0. The van der Waals surface area contributed by atoms with Crippen molar-refractivity contribution < 1.29 is 9.13 Å². The summed E-state index contributed by atoms with van der Waals surface area (Å²) >= 11 is 0. The zero-order valence-electron chi connectivity index (χ0n) is 11.3. The number of hydrogen-bond donors (Lipinski definition) is 1. The van der Waals surface area contributed by atoms with Crippen molar-refractivity contribution in [1.82, 2.24) is 5.32 Å². The zero-order valence-corrected chi connectivity index (χ0v) is 11.3. The van der Waals surface area contributed by atoms with E-state index in [2.05, 4.69) is 18.3 Å². The van der Waals surface area contributed by atoms with Gasteiger partial charge in [0.1, 0.15) is 0 Å². The number of piperidine rings is 1. The van der Waals surface area contributed by atoms with Crippen LogP contribution in [0.2, 0.25) is 0 Å². The van der Waals surface area contributed by atoms with Crippen molar-refractivity contribution in [2.75, 3.05) is 20.2 Å². The van der Waals surface area contributed by atoms with Crippen LogP contribution < -0.4 is 10.1 Å². The average molecular weight is 251 g/mol. The van der Waals surface area contributed by atoms with Crippen LogP contribution in [-0.4, -0.2) is 20.2 Å². The van der Waals surface area contributed by atoms with Crippen LogP contribution in [0.15, 0.2) is 12.1 Å². The molecule has 2 nitrogen and oxygen atoms in total. The van der Waals surface area contributed by atoms with Crippen molar-refractivity contribution in [3.8, 4) is 5.75 Å². The predicted octanol–water partition coefficient (Wildman–Crippen LogP) is 2.94. The Morgan fingerprint density at radius 2 is 2.06 bits per heavy atom. The van der Waals surface area contributed by atoms with Gasteiger partial charge in [0.2, 0.25) is 0 Å². The fraction of sp³-hybridized carbons (Fsp3) is 0.600. The average Bonchev–Trinajstić information content (AvgIpc) is 2.39. The Morgan fingerprint density at radius 1 is 1.33 bits per heavy atom. The quantitative estimate of drug-likeness (QED) is 0.888. The van der Waals surface area contributed by atoms with Crippen molar-refractivity contribution in [3.05, 3.63) is 29.1 Å². The molecule has 1 heterocycles. The predicted molar refractivity (Wildman–Crippen MR) is 71.6 cm³/mol. The van der Waals surface area contributed by atoms with Gasteiger partial charge in [-0.05, 0) is 61.9 Å². The summed E-state index contributed by atoms with van der Waals surface area (Å²) in [5.41, 5.74) is 2.08. The minimum atomic E-state index is -0.221. The summed E-state index contributed by atoms with van der Waals surface area (Å²) < 4.78 is 19.1. The van der Waals surface area contributed by atoms with Crippen LogP contribution in [0.25, 0.3) is 0 Å². The number of ether oxygens (including phenoxy) is 1. The Bertz CT molecular complexity index is 400. The van der Waals surface area contributed by atoms with Gasteiger partial charge in [-0.25, -0.2) is 4.39 Å². The molecule has 1 aromatic carbocycles. The first kappa shape index (κ1) is 13.3. The number of nitrogens with one attached hydrogen (secondary N) is 1. The first-order chi connectivity index (χ1) is 8.74. The maximum atomic E-state index is 13.9. The fourth-order valence-electron chi connectivity index (χ4n) is 2.69. The Balaban J connectivity index is 2.20. The molecule has 0 saturated carbocycles. The van der Waals surface area contributed by atoms with E-state index in [0.717, 1.165) is 37.1 Å². The fourth-order valence-corrected chi connectivity index (χ4v) is 2.69. The van der Waals surface area contributed by atoms with Gasteiger partial charge in [-0.15, -0.1) is 0 Å². The van der Waals surface area contributed by atoms with Crippen LogP contribution in [-0.2, 0) is 12.8 Å². The van der Waals surface area contributed by atoms with Crippen molar-refractivity contribution in [2.45, 2.75) is 32.6 Å². The molecule has 1 aliphatic rings. The number of methoxy groups -OCH3 is 1. The number of hydrogen-bond acceptors (Lipinski definition) is 2. The molecule has 0 unspecified atom stereocenters. The van der Waals surface area contributed by atoms with Crippen LogP contribution >= 0.6 is 0 Å². The Morgan fingerprint density at radius 3 is 2.67 bits per heavy atom. The summed E-state index contributed by atoms with van der Waals surface area (Å²) in [4.78, 5) is 0. The van der Waals surface area contributed by atoms with E-state index in [0.29, 0.717) is 11.7 Å². The minimum Gasteiger partial charge on any atom is -0.493 e. The van der Waals surface area contributed by atoms with Crippen LogP contribution in [0, 0.1) is 11.7 Å². The third-order valence-corrected chi connectivity index (χ3v) is 3.76. The summed E-state index contributed by atoms with van der Waals surface area (Å²) in [7, 11) is 1.55. The monoisotopic (exact) mass is 251 g/mol. The van der Waals surface area contributed by atoms with Crippen molar-refractivity contribution in [1.29, 1.82) is 0 Å². The standard InChI is InChI=1S/C15H22FNO/c1-3-11-8-13(15(18-2)14(16)10-11)9-12-4-6-17-7-5-12/h8,10,12,17H,3-7,9H2,1-2H3. The van der Waals surface area contributed by atoms with Gasteiger partial charge in [0.15, 0.2) is 11.6 Å². The lowest BCUT2D eigenvalue weighted by atomic mass is 9.89. The second kappa shape index (κ2) is 6.19. The molecule has 100 valence electrons. The molecule has 1 aromatic rings. The maximum absolute atomic E-state index is 13.9. The molecule has 0 aromatic heterocycles. The lowest BCUT2D eigenvalue weighted by Crippen LogP contribution is -2.28. The van der Waals surface area contributed by atoms with Gasteiger partial charge < -0.3 is 10.1 Å². The van der Waals surface area contributed by atoms with Gasteiger partial charge in [0.25, 0.3) is 0 Å². The topological polar surface area (TPSA) is 21.3 Å². The van der Waals surface area contributed by atoms with E-state index in [-0.39, 0.29) is 5.82 Å². The molecular weight excluding hydrogens is 229 g/mol. The van der Waals surface area contributed by atoms with Gasteiger partial charge in [-0.1, -0.05) is 13.0 Å². The molecule has 3 heteroatoms. The lowest BCUT2D eigenvalue weighted by molar-refractivity contribution is 0.352. The van der Waals surface area contributed by atoms with Gasteiger partial charge >= 0.3 is 0 Å². The van der Waals surface area contributed by atoms with E-state index < -0.39 is 0 Å². The molecule has 1 aliphatic heterocycles. The molecule has 2 rings (SSSR count). The summed E-state index contributed by atoms with van der Waals surface area (Å²) in [6.07, 6.45) is 4.12. The van der Waals surface area contributed by atoms with E-state index in [1.807, 2.05) is 0 Å². The maximum Gasteiger partial charge on any atom is 0.165 e. The third kappa shape index (κ3) is 3.02. The number of benzene rings is 1. The Hall–Kier alpha value is -1.09. The number of rotatable bonds is 4. The summed E-state index contributed by atoms with van der Waals surface area (Å²) in [6, 6.07) is 3.69. The summed E-state index contributed by atoms with van der Waals surface area (Å²) in [5, 5.41) is 3.36. The van der Waals surface area contributed by atoms with E-state index in [1.165, 1.54) is 12.8 Å². The van der Waals surface area contributed by atoms with Crippen molar-refractivity contribution in [3.63, 3.8) is 0 Å². The summed E-state index contributed by atoms with van der Waals surface area (Å²) in [6.45, 7) is 4.20. The van der Waals surface area contributed by atoms with Gasteiger partial charge in [-0.3, -0.25) is 0 Å². The van der Waals surface area contributed by atoms with Gasteiger partial charge in [-0.2, -0.15) is 0 Å². The smallest absolute Gasteiger partial charge is 0.165 e. The first-order valence-electron chi connectivity index (χ1n) is 6.80. The molecule has 0 aliphatic carbocycles. The highest BCUT2D eigenvalue weighted by atomic mass is 19.1. The molecule has 18 heavy (non-hydrogen) atoms. The summed E-state index contributed by atoms with van der Waals surface area (Å²) in [5.74, 6) is 0.859. The Kier molecular flexibility index (Phi) is 4.59. The normalized spacial score (nSPS) is 16.8. The third-order valence-electron chi connectivity index (χ3n) is 3.76. The second-order valence-electron chi connectivity index (χ2n) is 5.02. The Labute approximate surface area is 109 Å². The van der Waals surface area contributed by atoms with Crippen LogP contribution in [0.4, 0.5) is 4.39 Å². The highest BCUT2D eigenvalue weighted by Crippen LogP contribution is 2.29. The molecule has 1 saturated heterocycles. The highest BCUT2D eigenvalue weighted by molar-refractivity contribution is 5.39. The SMILES string of the molecule is CCc1cc(F)c(OC)c(CC2CCNCC2)c1. The molecule has 0 radical (unpaired) electrons. The van der Waals surface area contributed by atoms with Crippen molar-refractivity contribution >= 4 is 0 Å². The van der Waals surface area contributed by atoms with E-state index in [9.17, 15) is 4.39 Å². The largest absolute Gasteiger partial charge is 0.493 e. The number of aryl methyl sites for hydroxylation is 1. The van der Waals surface area contributed by atoms with E-state index in [4.69, 9.17) is 4.74 Å². The lowest BCUT2D eigenvalue weighted by Gasteiger charge is -2.23. The molecule has 0 amide bonds. The van der Waals surface area contributed by atoms with E-state index in [1.54, 1.807) is 13.2 Å². The number of halogens is 1. The van der Waals surface area contributed by atoms with Gasteiger partial charge in [0.05, 0.1) is 7.11 Å². The van der Waals surface area contributed by atoms with Crippen molar-refractivity contribution in [2.24, 2.45) is 5.92 Å². The highest BCUT2D eigenvalue weighted by Gasteiger charge is 2.18. The molecule has 0 spiro atoms. The molecule has 1 N–H and O–H groups in total. The van der Waals surface area contributed by atoms with Gasteiger partial charge in [0, 0.05) is 0 Å². The van der Waals surface area contributed by atoms with E-state index >= 15 is 0 Å². The minimum absolute atomic E-state index is 0.221. The molecule has 0 atom stereocenters. The van der Waals surface area contributed by atoms with Crippen LogP contribution in [0.1, 0.15) is 30.9 Å². The first-order valence-corrected chi connectivity index (χ1v) is 6.80. The van der Waals surface area contributed by atoms with Crippen LogP contribution in [0.5, 0.6) is 5.75 Å².